The van der Waals surface area contributed by atoms with Gasteiger partial charge in [-0.05, 0) is 29.2 Å². The Morgan fingerprint density at radius 1 is 1.09 bits per heavy atom. The monoisotopic (exact) mass is 472 g/mol. The number of carbonyl (C=O) groups excluding carboxylic acids is 2. The smallest absolute Gasteiger partial charge is 0.407 e. The molecule has 2 N–H and O–H groups in total. The van der Waals surface area contributed by atoms with Crippen molar-refractivity contribution in [3.8, 4) is 11.1 Å². The summed E-state index contributed by atoms with van der Waals surface area (Å²) in [5, 5.41) is 11.6. The molecule has 33 heavy (non-hydrogen) atoms. The summed E-state index contributed by atoms with van der Waals surface area (Å²) in [5.74, 6) is -1.72. The molecule has 0 aliphatic heterocycles. The molecule has 0 fully saturated rings. The van der Waals surface area contributed by atoms with Gasteiger partial charge in [0.15, 0.2) is 0 Å². The van der Waals surface area contributed by atoms with Crippen molar-refractivity contribution in [2.45, 2.75) is 31.3 Å². The van der Waals surface area contributed by atoms with E-state index in [-0.39, 0.29) is 24.3 Å². The maximum Gasteiger partial charge on any atom is 0.407 e. The summed E-state index contributed by atoms with van der Waals surface area (Å²) in [5.41, 5.74) is 4.27. The van der Waals surface area contributed by atoms with Crippen LogP contribution in [0.15, 0.2) is 48.5 Å². The molecule has 9 heteroatoms. The van der Waals surface area contributed by atoms with Gasteiger partial charge in [0, 0.05) is 41.8 Å². The van der Waals surface area contributed by atoms with Crippen LogP contribution in [0.1, 0.15) is 30.4 Å². The third kappa shape index (κ3) is 5.78. The van der Waals surface area contributed by atoms with Crippen molar-refractivity contribution in [2.75, 3.05) is 25.7 Å². The van der Waals surface area contributed by atoms with Crippen molar-refractivity contribution in [1.82, 2.24) is 10.2 Å². The van der Waals surface area contributed by atoms with Crippen molar-refractivity contribution in [3.05, 3.63) is 59.7 Å². The number of nitrogens with zero attached hydrogens (tertiary/aromatic N) is 1. The van der Waals surface area contributed by atoms with Crippen LogP contribution in [0.4, 0.5) is 4.79 Å². The van der Waals surface area contributed by atoms with Crippen LogP contribution >= 0.6 is 0 Å². The first kappa shape index (κ1) is 24.4. The highest BCUT2D eigenvalue weighted by molar-refractivity contribution is 7.84. The Balaban J connectivity index is 1.68. The number of alkyl carbamates (subject to hydrolysis) is 1. The van der Waals surface area contributed by atoms with E-state index in [0.29, 0.717) is 0 Å². The number of aliphatic carboxylic acids is 1. The molecule has 8 nitrogen and oxygen atoms in total. The lowest BCUT2D eigenvalue weighted by molar-refractivity contribution is -0.142. The van der Waals surface area contributed by atoms with E-state index in [1.54, 1.807) is 6.92 Å². The van der Waals surface area contributed by atoms with E-state index < -0.39 is 41.2 Å². The minimum Gasteiger partial charge on any atom is -0.481 e. The Morgan fingerprint density at radius 2 is 1.64 bits per heavy atom. The third-order valence-corrected chi connectivity index (χ3v) is 6.75. The standard InChI is InChI=1S/C24H28N2O6S/c1-15(14-33(3)31)26(2)23(29)21(12-22(27)28)25-24(30)32-13-20-18-10-6-4-8-16(18)17-9-5-7-11-19(17)20/h4-11,15,20-21H,12-14H2,1-3H3,(H,25,30)(H,27,28). The number of hydrogen-bond acceptors (Lipinski definition) is 5. The summed E-state index contributed by atoms with van der Waals surface area (Å²) in [6, 6.07) is 14.1. The van der Waals surface area contributed by atoms with Gasteiger partial charge in [0.1, 0.15) is 12.6 Å². The number of fused-ring (bicyclic) bond motifs is 3. The fraction of sp³-hybridized carbons (Fsp3) is 0.375. The maximum atomic E-state index is 12.8. The summed E-state index contributed by atoms with van der Waals surface area (Å²) >= 11 is 0. The van der Waals surface area contributed by atoms with Gasteiger partial charge in [-0.25, -0.2) is 4.79 Å². The predicted octanol–water partition coefficient (Wildman–Crippen LogP) is 2.59. The summed E-state index contributed by atoms with van der Waals surface area (Å²) in [6.07, 6.45) is 0.0740. The number of carboxylic acids is 1. The molecular formula is C24H28N2O6S. The normalized spacial score (nSPS) is 15.0. The summed E-state index contributed by atoms with van der Waals surface area (Å²) in [7, 11) is 0.363. The molecule has 0 aromatic heterocycles. The van der Waals surface area contributed by atoms with Gasteiger partial charge in [-0.15, -0.1) is 0 Å². The third-order valence-electron chi connectivity index (χ3n) is 5.80. The molecule has 0 radical (unpaired) electrons. The highest BCUT2D eigenvalue weighted by Gasteiger charge is 2.32. The van der Waals surface area contributed by atoms with E-state index in [1.807, 2.05) is 48.5 Å². The Labute approximate surface area is 195 Å². The summed E-state index contributed by atoms with van der Waals surface area (Å²) < 4.78 is 16.9. The molecule has 3 atom stereocenters. The van der Waals surface area contributed by atoms with Gasteiger partial charge in [0.25, 0.3) is 0 Å². The van der Waals surface area contributed by atoms with Crippen LogP contribution in [-0.4, -0.2) is 69.9 Å². The number of rotatable bonds is 9. The van der Waals surface area contributed by atoms with Crippen LogP contribution in [0.3, 0.4) is 0 Å². The zero-order valence-electron chi connectivity index (χ0n) is 18.8. The molecule has 0 bridgehead atoms. The van der Waals surface area contributed by atoms with Gasteiger partial charge in [-0.3, -0.25) is 13.8 Å². The molecule has 0 saturated carbocycles. The fourth-order valence-electron chi connectivity index (χ4n) is 4.07. The van der Waals surface area contributed by atoms with Gasteiger partial charge in [-0.1, -0.05) is 48.5 Å². The van der Waals surface area contributed by atoms with Gasteiger partial charge in [0.2, 0.25) is 5.91 Å². The van der Waals surface area contributed by atoms with E-state index in [4.69, 9.17) is 4.74 Å². The van der Waals surface area contributed by atoms with Crippen molar-refractivity contribution in [3.63, 3.8) is 0 Å². The topological polar surface area (TPSA) is 113 Å². The van der Waals surface area contributed by atoms with Gasteiger partial charge in [-0.2, -0.15) is 0 Å². The molecule has 2 amide bonds. The SMILES string of the molecule is CC(CS(C)=O)N(C)C(=O)C(CC(=O)O)NC(=O)OCC1c2ccccc2-c2ccccc21. The first-order valence-corrected chi connectivity index (χ1v) is 12.3. The lowest BCUT2D eigenvalue weighted by Gasteiger charge is -2.28. The molecule has 3 unspecified atom stereocenters. The molecule has 1 aliphatic carbocycles. The van der Waals surface area contributed by atoms with Crippen molar-refractivity contribution >= 4 is 28.8 Å². The average Bonchev–Trinajstić information content (AvgIpc) is 3.09. The summed E-state index contributed by atoms with van der Waals surface area (Å²) in [4.78, 5) is 38.0. The number of carboxylic acid groups (broad SMARTS) is 1. The second-order valence-electron chi connectivity index (χ2n) is 8.16. The van der Waals surface area contributed by atoms with Crippen molar-refractivity contribution < 1.29 is 28.4 Å². The average molecular weight is 473 g/mol. The van der Waals surface area contributed by atoms with Crippen molar-refractivity contribution in [1.29, 1.82) is 0 Å². The van der Waals surface area contributed by atoms with Crippen LogP contribution in [0.25, 0.3) is 11.1 Å². The largest absolute Gasteiger partial charge is 0.481 e. The highest BCUT2D eigenvalue weighted by atomic mass is 32.2. The zero-order chi connectivity index (χ0) is 24.1. The number of carbonyl (C=O) groups is 3. The second-order valence-corrected chi connectivity index (χ2v) is 9.64. The predicted molar refractivity (Wildman–Crippen MR) is 125 cm³/mol. The van der Waals surface area contributed by atoms with Crippen LogP contribution in [0.2, 0.25) is 0 Å². The Kier molecular flexibility index (Phi) is 7.86. The van der Waals surface area contributed by atoms with Crippen LogP contribution in [-0.2, 0) is 25.1 Å². The van der Waals surface area contributed by atoms with E-state index in [1.165, 1.54) is 18.2 Å². The highest BCUT2D eigenvalue weighted by Crippen LogP contribution is 2.44. The van der Waals surface area contributed by atoms with Gasteiger partial charge < -0.3 is 20.1 Å². The van der Waals surface area contributed by atoms with Crippen molar-refractivity contribution in [2.24, 2.45) is 0 Å². The number of nitrogens with one attached hydrogen (secondary N) is 1. The molecule has 1 aliphatic rings. The number of amides is 2. The van der Waals surface area contributed by atoms with Gasteiger partial charge in [0.05, 0.1) is 6.42 Å². The number of hydrogen-bond donors (Lipinski definition) is 2. The lowest BCUT2D eigenvalue weighted by Crippen LogP contribution is -2.51. The molecule has 0 spiro atoms. The molecule has 2 aromatic carbocycles. The minimum atomic E-state index is -1.30. The first-order valence-electron chi connectivity index (χ1n) is 10.6. The molecule has 0 heterocycles. The molecule has 2 aromatic rings. The Bertz CT molecular complexity index is 1030. The molecule has 176 valence electrons. The maximum absolute atomic E-state index is 12.8. The van der Waals surface area contributed by atoms with E-state index in [0.717, 1.165) is 22.3 Å². The lowest BCUT2D eigenvalue weighted by atomic mass is 9.98. The number of ether oxygens (including phenoxy) is 1. The van der Waals surface area contributed by atoms with Crippen LogP contribution in [0, 0.1) is 0 Å². The minimum absolute atomic E-state index is 0.0505. The number of benzene rings is 2. The van der Waals surface area contributed by atoms with E-state index >= 15 is 0 Å². The molecule has 3 rings (SSSR count). The quantitative estimate of drug-likeness (QED) is 0.580. The first-order chi connectivity index (χ1) is 15.7. The fourth-order valence-corrected chi connectivity index (χ4v) is 4.97. The second kappa shape index (κ2) is 10.6. The summed E-state index contributed by atoms with van der Waals surface area (Å²) in [6.45, 7) is 1.76. The number of likely N-dealkylation sites (N-methyl/N-ethyl adjacent to an activating group) is 1. The Hall–Kier alpha value is -3.20. The van der Waals surface area contributed by atoms with E-state index in [2.05, 4.69) is 5.32 Å². The Morgan fingerprint density at radius 3 is 2.15 bits per heavy atom. The van der Waals surface area contributed by atoms with Crippen LogP contribution < -0.4 is 5.32 Å². The molecular weight excluding hydrogens is 444 g/mol. The zero-order valence-corrected chi connectivity index (χ0v) is 19.6. The van der Waals surface area contributed by atoms with Gasteiger partial charge >= 0.3 is 12.1 Å². The van der Waals surface area contributed by atoms with Crippen LogP contribution in [0.5, 0.6) is 0 Å². The van der Waals surface area contributed by atoms with E-state index in [9.17, 15) is 23.7 Å². The molecule has 0 saturated heterocycles.